The van der Waals surface area contributed by atoms with Crippen LogP contribution in [-0.4, -0.2) is 25.4 Å². The van der Waals surface area contributed by atoms with Gasteiger partial charge < -0.3 is 0 Å². The second-order valence-electron chi connectivity index (χ2n) is 4.16. The second kappa shape index (κ2) is 6.07. The Morgan fingerprint density at radius 3 is 2.55 bits per heavy atom. The molecule has 0 aliphatic carbocycles. The minimum absolute atomic E-state index is 0.0433. The maximum atomic E-state index is 12.6. The molecule has 0 aliphatic heterocycles. The molecule has 10 heteroatoms. The summed E-state index contributed by atoms with van der Waals surface area (Å²) in [6, 6.07) is 6.24. The van der Waals surface area contributed by atoms with Crippen LogP contribution in [-0.2, 0) is 10.0 Å². The Bertz CT molecular complexity index is 842. The second-order valence-corrected chi connectivity index (χ2v) is 6.89. The standard InChI is InChI=1S/C12H9Cl2N3O4S/c1-16(10-3-2-6-15-12(10)14)22(20,21)11-7-8(13)4-5-9(11)17(18)19/h2-7H,1H3. The van der Waals surface area contributed by atoms with Gasteiger partial charge in [0.15, 0.2) is 10.0 Å². The predicted octanol–water partition coefficient (Wildman–Crippen LogP) is 3.12. The van der Waals surface area contributed by atoms with E-state index in [1.807, 2.05) is 0 Å². The third-order valence-corrected chi connectivity index (χ3v) is 5.16. The summed E-state index contributed by atoms with van der Waals surface area (Å²) in [5, 5.41) is 11.1. The number of sulfonamides is 1. The molecule has 2 rings (SSSR count). The summed E-state index contributed by atoms with van der Waals surface area (Å²) in [4.78, 5) is 13.5. The number of hydrogen-bond donors (Lipinski definition) is 0. The highest BCUT2D eigenvalue weighted by Crippen LogP contribution is 2.33. The van der Waals surface area contributed by atoms with Crippen molar-refractivity contribution in [3.05, 3.63) is 56.8 Å². The molecule has 0 radical (unpaired) electrons. The number of anilines is 1. The lowest BCUT2D eigenvalue weighted by Crippen LogP contribution is -2.27. The number of nitro groups is 1. The fourth-order valence-corrected chi connectivity index (χ4v) is 3.65. The van der Waals surface area contributed by atoms with E-state index in [0.29, 0.717) is 0 Å². The fourth-order valence-electron chi connectivity index (χ4n) is 1.73. The number of benzene rings is 1. The molecule has 22 heavy (non-hydrogen) atoms. The van der Waals surface area contributed by atoms with Gasteiger partial charge in [0.1, 0.15) is 0 Å². The first-order valence-corrected chi connectivity index (χ1v) is 7.98. The zero-order valence-corrected chi connectivity index (χ0v) is 13.4. The molecule has 0 spiro atoms. The minimum Gasteiger partial charge on any atom is -0.266 e. The van der Waals surface area contributed by atoms with Gasteiger partial charge >= 0.3 is 0 Å². The van der Waals surface area contributed by atoms with E-state index in [2.05, 4.69) is 4.98 Å². The Morgan fingerprint density at radius 2 is 1.95 bits per heavy atom. The Balaban J connectivity index is 2.63. The van der Waals surface area contributed by atoms with Crippen molar-refractivity contribution in [3.8, 4) is 0 Å². The van der Waals surface area contributed by atoms with Crippen molar-refractivity contribution in [2.45, 2.75) is 4.90 Å². The number of halogens is 2. The number of nitro benzene ring substituents is 1. The monoisotopic (exact) mass is 361 g/mol. The van der Waals surface area contributed by atoms with Crippen molar-refractivity contribution in [2.24, 2.45) is 0 Å². The highest BCUT2D eigenvalue weighted by Gasteiger charge is 2.31. The number of nitrogens with zero attached hydrogens (tertiary/aromatic N) is 3. The SMILES string of the molecule is CN(c1cccnc1Cl)S(=O)(=O)c1cc(Cl)ccc1[N+](=O)[O-]. The van der Waals surface area contributed by atoms with Crippen LogP contribution in [0.1, 0.15) is 0 Å². The van der Waals surface area contributed by atoms with Crippen molar-refractivity contribution in [2.75, 3.05) is 11.4 Å². The molecule has 0 unspecified atom stereocenters. The molecular formula is C12H9Cl2N3O4S. The third-order valence-electron chi connectivity index (χ3n) is 2.84. The molecule has 0 amide bonds. The van der Waals surface area contributed by atoms with E-state index in [9.17, 15) is 18.5 Å². The van der Waals surface area contributed by atoms with Crippen molar-refractivity contribution < 1.29 is 13.3 Å². The van der Waals surface area contributed by atoms with E-state index in [4.69, 9.17) is 23.2 Å². The van der Waals surface area contributed by atoms with Gasteiger partial charge in [0, 0.05) is 24.3 Å². The van der Waals surface area contributed by atoms with E-state index in [0.717, 1.165) is 16.4 Å². The van der Waals surface area contributed by atoms with E-state index in [1.54, 1.807) is 0 Å². The first kappa shape index (κ1) is 16.5. The zero-order chi connectivity index (χ0) is 16.5. The normalized spacial score (nSPS) is 11.2. The maximum absolute atomic E-state index is 12.6. The highest BCUT2D eigenvalue weighted by molar-refractivity contribution is 7.93. The molecule has 0 saturated heterocycles. The van der Waals surface area contributed by atoms with Crippen LogP contribution < -0.4 is 4.31 Å². The van der Waals surface area contributed by atoms with Crippen molar-refractivity contribution in [1.29, 1.82) is 0 Å². The summed E-state index contributed by atoms with van der Waals surface area (Å²) in [5.74, 6) is 0. The molecule has 0 aliphatic rings. The molecule has 1 aromatic heterocycles. The van der Waals surface area contributed by atoms with Crippen LogP contribution in [0.3, 0.4) is 0 Å². The van der Waals surface area contributed by atoms with E-state index >= 15 is 0 Å². The van der Waals surface area contributed by atoms with Crippen LogP contribution in [0.2, 0.25) is 10.2 Å². The van der Waals surface area contributed by atoms with Gasteiger partial charge in [0.2, 0.25) is 0 Å². The first-order chi connectivity index (χ1) is 10.2. The van der Waals surface area contributed by atoms with Crippen LogP contribution >= 0.6 is 23.2 Å². The zero-order valence-electron chi connectivity index (χ0n) is 11.1. The molecule has 2 aromatic rings. The molecule has 0 bridgehead atoms. The van der Waals surface area contributed by atoms with Crippen LogP contribution in [0.5, 0.6) is 0 Å². The molecule has 0 atom stereocenters. The maximum Gasteiger partial charge on any atom is 0.289 e. The predicted molar refractivity (Wildman–Crippen MR) is 82.9 cm³/mol. The van der Waals surface area contributed by atoms with E-state index < -0.39 is 25.5 Å². The Morgan fingerprint density at radius 1 is 1.27 bits per heavy atom. The largest absolute Gasteiger partial charge is 0.289 e. The van der Waals surface area contributed by atoms with E-state index in [1.165, 1.54) is 31.4 Å². The molecule has 0 N–H and O–H groups in total. The highest BCUT2D eigenvalue weighted by atomic mass is 35.5. The van der Waals surface area contributed by atoms with Gasteiger partial charge in [-0.05, 0) is 24.3 Å². The lowest BCUT2D eigenvalue weighted by Gasteiger charge is -2.20. The van der Waals surface area contributed by atoms with Gasteiger partial charge in [-0.2, -0.15) is 0 Å². The average Bonchev–Trinajstić information content (AvgIpc) is 2.46. The molecule has 1 heterocycles. The molecule has 1 aromatic carbocycles. The molecule has 0 fully saturated rings. The van der Waals surface area contributed by atoms with Crippen LogP contribution in [0.4, 0.5) is 11.4 Å². The molecular weight excluding hydrogens is 353 g/mol. The van der Waals surface area contributed by atoms with Gasteiger partial charge in [0.25, 0.3) is 15.7 Å². The molecule has 7 nitrogen and oxygen atoms in total. The summed E-state index contributed by atoms with van der Waals surface area (Å²) < 4.78 is 26.1. The first-order valence-electron chi connectivity index (χ1n) is 5.78. The topological polar surface area (TPSA) is 93.4 Å². The van der Waals surface area contributed by atoms with Gasteiger partial charge in [-0.25, -0.2) is 13.4 Å². The number of hydrogen-bond acceptors (Lipinski definition) is 5. The summed E-state index contributed by atoms with van der Waals surface area (Å²) in [5.41, 5.74) is -0.477. The number of rotatable bonds is 4. The Labute approximate surface area is 136 Å². The third kappa shape index (κ3) is 2.99. The fraction of sp³-hybridized carbons (Fsp3) is 0.0833. The van der Waals surface area contributed by atoms with Crippen LogP contribution in [0.25, 0.3) is 0 Å². The Kier molecular flexibility index (Phi) is 4.55. The van der Waals surface area contributed by atoms with Crippen molar-refractivity contribution >= 4 is 44.6 Å². The lowest BCUT2D eigenvalue weighted by molar-refractivity contribution is -0.387. The van der Waals surface area contributed by atoms with Gasteiger partial charge in [-0.3, -0.25) is 14.4 Å². The lowest BCUT2D eigenvalue weighted by atomic mass is 10.3. The van der Waals surface area contributed by atoms with Gasteiger partial charge in [-0.15, -0.1) is 0 Å². The van der Waals surface area contributed by atoms with Crippen LogP contribution in [0, 0.1) is 10.1 Å². The molecule has 0 saturated carbocycles. The minimum atomic E-state index is -4.23. The van der Waals surface area contributed by atoms with Gasteiger partial charge in [-0.1, -0.05) is 23.2 Å². The summed E-state index contributed by atoms with van der Waals surface area (Å²) >= 11 is 11.6. The summed E-state index contributed by atoms with van der Waals surface area (Å²) in [7, 11) is -3.00. The Hall–Kier alpha value is -1.90. The summed E-state index contributed by atoms with van der Waals surface area (Å²) in [6.45, 7) is 0. The van der Waals surface area contributed by atoms with E-state index in [-0.39, 0.29) is 15.9 Å². The number of aromatic nitrogens is 1. The van der Waals surface area contributed by atoms with Crippen LogP contribution in [0.15, 0.2) is 41.4 Å². The smallest absolute Gasteiger partial charge is 0.266 e. The quantitative estimate of drug-likeness (QED) is 0.473. The summed E-state index contributed by atoms with van der Waals surface area (Å²) in [6.07, 6.45) is 1.40. The molecule has 116 valence electrons. The van der Waals surface area contributed by atoms with Crippen molar-refractivity contribution in [3.63, 3.8) is 0 Å². The number of pyridine rings is 1. The average molecular weight is 362 g/mol. The van der Waals surface area contributed by atoms with Crippen molar-refractivity contribution in [1.82, 2.24) is 4.98 Å². The van der Waals surface area contributed by atoms with Gasteiger partial charge in [0.05, 0.1) is 10.6 Å².